The normalized spacial score (nSPS) is 19.0. The van der Waals surface area contributed by atoms with Crippen molar-refractivity contribution in [2.24, 2.45) is 5.73 Å². The van der Waals surface area contributed by atoms with Gasteiger partial charge in [0, 0.05) is 65.4 Å². The van der Waals surface area contributed by atoms with Crippen LogP contribution in [0.3, 0.4) is 0 Å². The Balaban J connectivity index is 2.78. The molecule has 0 bridgehead atoms. The zero-order valence-electron chi connectivity index (χ0n) is 20.3. The molecule has 0 aromatic carbocycles. The van der Waals surface area contributed by atoms with E-state index in [1.54, 1.807) is 14.7 Å². The maximum Gasteiger partial charge on any atom is 0.317 e. The van der Waals surface area contributed by atoms with Crippen LogP contribution in [0.4, 0.5) is 0 Å². The standard InChI is InChI=1S/C21H41N5O9/c22-1-10-34-11-12-35-17-18(27)13-23-2-4-24(14-19(28)29)6-8-26(16-21(32)33)9-7-25(5-3-23)15-20(30)31/h18,27H,1-17,22H2,(H,28,29)(H,30,31)(H,32,33). The molecule has 1 aliphatic heterocycles. The highest BCUT2D eigenvalue weighted by Gasteiger charge is 2.21. The Hall–Kier alpha value is -1.91. The van der Waals surface area contributed by atoms with Crippen LogP contribution in [0.1, 0.15) is 0 Å². The largest absolute Gasteiger partial charge is 0.480 e. The van der Waals surface area contributed by atoms with E-state index in [2.05, 4.69) is 0 Å². The SMILES string of the molecule is NCCOCCOCC(O)CN1CCN(CC(=O)O)CCN(CC(=O)O)CCN(CC(=O)O)CC1. The molecule has 1 aliphatic rings. The number of rotatable bonds is 15. The Kier molecular flexibility index (Phi) is 16.3. The maximum atomic E-state index is 11.3. The van der Waals surface area contributed by atoms with E-state index in [0.29, 0.717) is 78.7 Å². The molecule has 0 aromatic heterocycles. The lowest BCUT2D eigenvalue weighted by atomic mass is 10.3. The van der Waals surface area contributed by atoms with Gasteiger partial charge in [0.25, 0.3) is 0 Å². The van der Waals surface area contributed by atoms with Gasteiger partial charge in [-0.3, -0.25) is 34.0 Å². The minimum Gasteiger partial charge on any atom is -0.480 e. The molecule has 6 N–H and O–H groups in total. The van der Waals surface area contributed by atoms with Crippen LogP contribution in [0, 0.1) is 0 Å². The number of carbonyl (C=O) groups is 3. The van der Waals surface area contributed by atoms with Gasteiger partial charge in [-0.2, -0.15) is 0 Å². The first-order chi connectivity index (χ1) is 16.7. The number of nitrogens with two attached hydrogens (primary N) is 1. The summed E-state index contributed by atoms with van der Waals surface area (Å²) < 4.78 is 10.7. The highest BCUT2D eigenvalue weighted by molar-refractivity contribution is 5.69. The van der Waals surface area contributed by atoms with Gasteiger partial charge in [-0.05, 0) is 0 Å². The van der Waals surface area contributed by atoms with Crippen molar-refractivity contribution in [2.75, 3.05) is 112 Å². The van der Waals surface area contributed by atoms with Gasteiger partial charge < -0.3 is 35.6 Å². The Morgan fingerprint density at radius 1 is 0.657 bits per heavy atom. The van der Waals surface area contributed by atoms with E-state index >= 15 is 0 Å². The summed E-state index contributed by atoms with van der Waals surface area (Å²) in [4.78, 5) is 41.0. The van der Waals surface area contributed by atoms with Crippen molar-refractivity contribution in [2.45, 2.75) is 6.10 Å². The molecule has 0 spiro atoms. The Labute approximate surface area is 205 Å². The summed E-state index contributed by atoms with van der Waals surface area (Å²) in [5.41, 5.74) is 5.35. The molecule has 14 heteroatoms. The third-order valence-corrected chi connectivity index (χ3v) is 5.42. The smallest absolute Gasteiger partial charge is 0.317 e. The zero-order chi connectivity index (χ0) is 26.1. The monoisotopic (exact) mass is 507 g/mol. The fourth-order valence-corrected chi connectivity index (χ4v) is 3.68. The first kappa shape index (κ1) is 31.1. The molecule has 1 unspecified atom stereocenters. The van der Waals surface area contributed by atoms with Gasteiger partial charge in [-0.15, -0.1) is 0 Å². The lowest BCUT2D eigenvalue weighted by Gasteiger charge is -2.33. The van der Waals surface area contributed by atoms with Gasteiger partial charge in [0.1, 0.15) is 0 Å². The summed E-state index contributed by atoms with van der Waals surface area (Å²) in [5.74, 6) is -2.96. The van der Waals surface area contributed by atoms with E-state index in [1.807, 2.05) is 4.90 Å². The van der Waals surface area contributed by atoms with E-state index in [0.717, 1.165) is 0 Å². The predicted octanol–water partition coefficient (Wildman–Crippen LogP) is -3.19. The molecule has 0 radical (unpaired) electrons. The van der Waals surface area contributed by atoms with E-state index in [4.69, 9.17) is 15.2 Å². The lowest BCUT2D eigenvalue weighted by Crippen LogP contribution is -2.49. The molecule has 0 saturated carbocycles. The first-order valence-corrected chi connectivity index (χ1v) is 11.8. The van der Waals surface area contributed by atoms with Gasteiger partial charge in [-0.1, -0.05) is 0 Å². The molecule has 14 nitrogen and oxygen atoms in total. The second-order valence-corrected chi connectivity index (χ2v) is 8.44. The summed E-state index contributed by atoms with van der Waals surface area (Å²) in [6, 6.07) is 0. The van der Waals surface area contributed by atoms with Crippen molar-refractivity contribution in [1.29, 1.82) is 0 Å². The molecule has 0 aliphatic carbocycles. The number of aliphatic hydroxyl groups is 1. The fourth-order valence-electron chi connectivity index (χ4n) is 3.68. The molecule has 1 atom stereocenters. The Morgan fingerprint density at radius 2 is 1.03 bits per heavy atom. The number of β-amino-alcohol motifs (C(OH)–C–C–N with tert-alkyl or cyclic N) is 1. The summed E-state index contributed by atoms with van der Waals surface area (Å²) in [6.45, 7) is 4.41. The van der Waals surface area contributed by atoms with Crippen LogP contribution in [0.2, 0.25) is 0 Å². The summed E-state index contributed by atoms with van der Waals surface area (Å²) in [6.07, 6.45) is -0.788. The minimum atomic E-state index is -1.00. The number of ether oxygens (including phenoxy) is 2. The number of aliphatic carboxylic acids is 3. The van der Waals surface area contributed by atoms with Crippen molar-refractivity contribution in [1.82, 2.24) is 19.6 Å². The number of hydrogen-bond acceptors (Lipinski definition) is 11. The second kappa shape index (κ2) is 18.4. The van der Waals surface area contributed by atoms with Crippen LogP contribution >= 0.6 is 0 Å². The zero-order valence-corrected chi connectivity index (χ0v) is 20.3. The van der Waals surface area contributed by atoms with Gasteiger partial charge in [-0.25, -0.2) is 0 Å². The fraction of sp³-hybridized carbons (Fsp3) is 0.857. The van der Waals surface area contributed by atoms with Crippen LogP contribution in [0.5, 0.6) is 0 Å². The molecule has 0 amide bonds. The lowest BCUT2D eigenvalue weighted by molar-refractivity contribution is -0.140. The van der Waals surface area contributed by atoms with Crippen molar-refractivity contribution in [3.8, 4) is 0 Å². The summed E-state index contributed by atoms with van der Waals surface area (Å²) in [7, 11) is 0. The van der Waals surface area contributed by atoms with Gasteiger partial charge in [0.05, 0.1) is 52.2 Å². The van der Waals surface area contributed by atoms with Crippen molar-refractivity contribution in [3.05, 3.63) is 0 Å². The van der Waals surface area contributed by atoms with Gasteiger partial charge in [0.15, 0.2) is 0 Å². The molecule has 1 saturated heterocycles. The molecule has 204 valence electrons. The summed E-state index contributed by atoms with van der Waals surface area (Å²) in [5, 5.41) is 38.2. The Morgan fingerprint density at radius 3 is 1.40 bits per heavy atom. The second-order valence-electron chi connectivity index (χ2n) is 8.44. The number of hydrogen-bond donors (Lipinski definition) is 5. The van der Waals surface area contributed by atoms with E-state index < -0.39 is 24.0 Å². The van der Waals surface area contributed by atoms with Crippen LogP contribution in [-0.4, -0.2) is 176 Å². The topological polar surface area (TPSA) is 190 Å². The molecule has 35 heavy (non-hydrogen) atoms. The van der Waals surface area contributed by atoms with Gasteiger partial charge >= 0.3 is 17.9 Å². The first-order valence-electron chi connectivity index (χ1n) is 11.8. The maximum absolute atomic E-state index is 11.3. The van der Waals surface area contributed by atoms with Crippen LogP contribution in [0.25, 0.3) is 0 Å². The molecule has 1 heterocycles. The average molecular weight is 508 g/mol. The number of aliphatic hydroxyl groups excluding tert-OH is 1. The van der Waals surface area contributed by atoms with E-state index in [9.17, 15) is 34.8 Å². The minimum absolute atomic E-state index is 0.102. The average Bonchev–Trinajstić information content (AvgIpc) is 2.77. The molecular weight excluding hydrogens is 466 g/mol. The van der Waals surface area contributed by atoms with Gasteiger partial charge in [0.2, 0.25) is 0 Å². The number of carboxylic acids is 3. The van der Waals surface area contributed by atoms with Crippen molar-refractivity contribution in [3.63, 3.8) is 0 Å². The van der Waals surface area contributed by atoms with Crippen LogP contribution in [-0.2, 0) is 23.9 Å². The molecule has 1 rings (SSSR count). The van der Waals surface area contributed by atoms with E-state index in [-0.39, 0.29) is 32.8 Å². The van der Waals surface area contributed by atoms with Crippen molar-refractivity contribution < 1.29 is 44.3 Å². The highest BCUT2D eigenvalue weighted by Crippen LogP contribution is 2.03. The Bertz CT molecular complexity index is 596. The summed E-state index contributed by atoms with van der Waals surface area (Å²) >= 11 is 0. The van der Waals surface area contributed by atoms with E-state index in [1.165, 1.54) is 0 Å². The predicted molar refractivity (Wildman–Crippen MR) is 125 cm³/mol. The highest BCUT2D eigenvalue weighted by atomic mass is 16.5. The third kappa shape index (κ3) is 16.4. The molecule has 1 fully saturated rings. The molecule has 0 aromatic rings. The van der Waals surface area contributed by atoms with Crippen molar-refractivity contribution >= 4 is 17.9 Å². The number of nitrogens with zero attached hydrogens (tertiary/aromatic N) is 4. The third-order valence-electron chi connectivity index (χ3n) is 5.42. The van der Waals surface area contributed by atoms with Crippen LogP contribution < -0.4 is 5.73 Å². The molecular formula is C21H41N5O9. The van der Waals surface area contributed by atoms with Crippen LogP contribution in [0.15, 0.2) is 0 Å². The number of carboxylic acid groups (broad SMARTS) is 3. The quantitative estimate of drug-likeness (QED) is 0.139.